The highest BCUT2D eigenvalue weighted by molar-refractivity contribution is 5.81. The average molecular weight is 339 g/mol. The molecule has 4 rings (SSSR count). The summed E-state index contributed by atoms with van der Waals surface area (Å²) < 4.78 is 0. The molecule has 2 aliphatic rings. The molecule has 2 aromatic rings. The van der Waals surface area contributed by atoms with Gasteiger partial charge in [-0.05, 0) is 56.6 Å². The highest BCUT2D eigenvalue weighted by Crippen LogP contribution is 2.28. The Balaban J connectivity index is 1.43. The number of β-amino-alcohol motifs (C(OH)–C–C–N with tert-alkyl or cyclic N) is 1. The summed E-state index contributed by atoms with van der Waals surface area (Å²) in [6.07, 6.45) is 5.11. The van der Waals surface area contributed by atoms with Gasteiger partial charge in [0.2, 0.25) is 0 Å². The standard InChI is InChI=1S/C21H29N3O/c1-2-23-11-8-18(9-12-23)24-14-17(21(25)15-24)13-16-7-10-22-20-6-4-3-5-19(16)20/h3-7,10,17-18,21,25H,2,8-9,11-15H2,1H3/t17-,21+/m1/s1. The van der Waals surface area contributed by atoms with E-state index >= 15 is 0 Å². The fraction of sp³-hybridized carbons (Fsp3) is 0.571. The Morgan fingerprint density at radius 1 is 1.12 bits per heavy atom. The van der Waals surface area contributed by atoms with E-state index in [2.05, 4.69) is 46.0 Å². The monoisotopic (exact) mass is 339 g/mol. The summed E-state index contributed by atoms with van der Waals surface area (Å²) in [5.41, 5.74) is 2.37. The molecule has 4 nitrogen and oxygen atoms in total. The normalized spacial score (nSPS) is 26.5. The second kappa shape index (κ2) is 7.40. The number of likely N-dealkylation sites (tertiary alicyclic amines) is 2. The number of aromatic nitrogens is 1. The van der Waals surface area contributed by atoms with E-state index in [0.29, 0.717) is 12.0 Å². The lowest BCUT2D eigenvalue weighted by atomic mass is 9.94. The minimum Gasteiger partial charge on any atom is -0.391 e. The van der Waals surface area contributed by atoms with Crippen molar-refractivity contribution in [3.05, 3.63) is 42.1 Å². The summed E-state index contributed by atoms with van der Waals surface area (Å²) in [5, 5.41) is 11.9. The zero-order valence-corrected chi connectivity index (χ0v) is 15.1. The van der Waals surface area contributed by atoms with Gasteiger partial charge in [0.05, 0.1) is 11.6 Å². The van der Waals surface area contributed by atoms with E-state index in [4.69, 9.17) is 0 Å². The second-order valence-corrected chi connectivity index (χ2v) is 7.64. The summed E-state index contributed by atoms with van der Waals surface area (Å²) in [6, 6.07) is 11.1. The lowest BCUT2D eigenvalue weighted by Gasteiger charge is -2.36. The molecule has 1 N–H and O–H groups in total. The van der Waals surface area contributed by atoms with Gasteiger partial charge >= 0.3 is 0 Å². The van der Waals surface area contributed by atoms with Crippen LogP contribution in [0.4, 0.5) is 0 Å². The summed E-state index contributed by atoms with van der Waals surface area (Å²) in [7, 11) is 0. The molecule has 0 aliphatic carbocycles. The van der Waals surface area contributed by atoms with E-state index in [0.717, 1.165) is 31.6 Å². The van der Waals surface area contributed by atoms with Crippen LogP contribution in [0.25, 0.3) is 10.9 Å². The van der Waals surface area contributed by atoms with Crippen molar-refractivity contribution >= 4 is 10.9 Å². The van der Waals surface area contributed by atoms with Gasteiger partial charge in [0.25, 0.3) is 0 Å². The number of rotatable bonds is 4. The van der Waals surface area contributed by atoms with Crippen LogP contribution in [0.3, 0.4) is 0 Å². The van der Waals surface area contributed by atoms with Gasteiger partial charge < -0.3 is 10.0 Å². The van der Waals surface area contributed by atoms with Crippen molar-refractivity contribution in [3.63, 3.8) is 0 Å². The first kappa shape index (κ1) is 17.0. The quantitative estimate of drug-likeness (QED) is 0.929. The van der Waals surface area contributed by atoms with Crippen LogP contribution in [0.5, 0.6) is 0 Å². The van der Waals surface area contributed by atoms with E-state index < -0.39 is 0 Å². The molecule has 0 unspecified atom stereocenters. The van der Waals surface area contributed by atoms with Crippen molar-refractivity contribution in [1.29, 1.82) is 0 Å². The molecule has 0 bridgehead atoms. The maximum absolute atomic E-state index is 10.7. The second-order valence-electron chi connectivity index (χ2n) is 7.64. The molecule has 1 aromatic heterocycles. The lowest BCUT2D eigenvalue weighted by Crippen LogP contribution is -2.44. The summed E-state index contributed by atoms with van der Waals surface area (Å²) in [6.45, 7) is 7.67. The van der Waals surface area contributed by atoms with E-state index in [1.54, 1.807) is 0 Å². The average Bonchev–Trinajstić information content (AvgIpc) is 3.03. The van der Waals surface area contributed by atoms with Crippen LogP contribution < -0.4 is 0 Å². The Labute approximate surface area is 150 Å². The molecule has 1 aromatic carbocycles. The van der Waals surface area contributed by atoms with Gasteiger partial charge in [0.15, 0.2) is 0 Å². The molecule has 2 saturated heterocycles. The van der Waals surface area contributed by atoms with Crippen molar-refractivity contribution in [2.75, 3.05) is 32.7 Å². The first-order valence-electron chi connectivity index (χ1n) is 9.71. The minimum absolute atomic E-state index is 0.212. The predicted molar refractivity (Wildman–Crippen MR) is 102 cm³/mol. The topological polar surface area (TPSA) is 39.6 Å². The molecule has 2 fully saturated rings. The van der Waals surface area contributed by atoms with Gasteiger partial charge in [-0.3, -0.25) is 9.88 Å². The highest BCUT2D eigenvalue weighted by atomic mass is 16.3. The van der Waals surface area contributed by atoms with Crippen LogP contribution in [0.2, 0.25) is 0 Å². The zero-order chi connectivity index (χ0) is 17.2. The van der Waals surface area contributed by atoms with Crippen LogP contribution >= 0.6 is 0 Å². The number of piperidine rings is 1. The Bertz CT molecular complexity index is 706. The molecule has 134 valence electrons. The number of benzene rings is 1. The predicted octanol–water partition coefficient (Wildman–Crippen LogP) is 2.55. The number of nitrogens with zero attached hydrogens (tertiary/aromatic N) is 3. The third-order valence-electron chi connectivity index (χ3n) is 6.18. The fourth-order valence-corrected chi connectivity index (χ4v) is 4.60. The van der Waals surface area contributed by atoms with Gasteiger partial charge in [-0.2, -0.15) is 0 Å². The van der Waals surface area contributed by atoms with Gasteiger partial charge in [-0.15, -0.1) is 0 Å². The molecule has 3 heterocycles. The number of fused-ring (bicyclic) bond motifs is 1. The molecular formula is C21H29N3O. The van der Waals surface area contributed by atoms with Crippen LogP contribution in [0.15, 0.2) is 36.5 Å². The zero-order valence-electron chi connectivity index (χ0n) is 15.1. The lowest BCUT2D eigenvalue weighted by molar-refractivity contribution is 0.109. The Morgan fingerprint density at radius 3 is 2.72 bits per heavy atom. The Morgan fingerprint density at radius 2 is 1.92 bits per heavy atom. The molecule has 25 heavy (non-hydrogen) atoms. The van der Waals surface area contributed by atoms with Crippen molar-refractivity contribution in [2.45, 2.75) is 38.3 Å². The number of para-hydroxylation sites is 1. The van der Waals surface area contributed by atoms with Crippen molar-refractivity contribution < 1.29 is 5.11 Å². The number of hydrogen-bond acceptors (Lipinski definition) is 4. The van der Waals surface area contributed by atoms with Crippen LogP contribution in [-0.2, 0) is 6.42 Å². The first-order valence-corrected chi connectivity index (χ1v) is 9.71. The highest BCUT2D eigenvalue weighted by Gasteiger charge is 2.36. The Kier molecular flexibility index (Phi) is 5.02. The summed E-state index contributed by atoms with van der Waals surface area (Å²) in [5.74, 6) is 0.329. The van der Waals surface area contributed by atoms with Gasteiger partial charge in [-0.1, -0.05) is 25.1 Å². The summed E-state index contributed by atoms with van der Waals surface area (Å²) in [4.78, 5) is 9.54. The maximum atomic E-state index is 10.7. The largest absolute Gasteiger partial charge is 0.391 e. The number of hydrogen-bond donors (Lipinski definition) is 1. The van der Waals surface area contributed by atoms with E-state index in [1.807, 2.05) is 12.3 Å². The smallest absolute Gasteiger partial charge is 0.0710 e. The van der Waals surface area contributed by atoms with E-state index in [9.17, 15) is 5.11 Å². The SMILES string of the molecule is CCN1CCC(N2C[C@@H](Cc3ccnc4ccccc34)[C@@H](O)C2)CC1. The fourth-order valence-electron chi connectivity index (χ4n) is 4.60. The van der Waals surface area contributed by atoms with Crippen molar-refractivity contribution in [1.82, 2.24) is 14.8 Å². The molecule has 0 saturated carbocycles. The molecule has 0 spiro atoms. The van der Waals surface area contributed by atoms with Crippen LogP contribution in [0.1, 0.15) is 25.3 Å². The van der Waals surface area contributed by atoms with Gasteiger partial charge in [0, 0.05) is 36.6 Å². The maximum Gasteiger partial charge on any atom is 0.0710 e. The van der Waals surface area contributed by atoms with Crippen molar-refractivity contribution in [2.24, 2.45) is 5.92 Å². The van der Waals surface area contributed by atoms with Gasteiger partial charge in [-0.25, -0.2) is 0 Å². The van der Waals surface area contributed by atoms with E-state index in [-0.39, 0.29) is 6.10 Å². The number of aliphatic hydroxyl groups is 1. The van der Waals surface area contributed by atoms with E-state index in [1.165, 1.54) is 36.9 Å². The molecule has 2 aliphatic heterocycles. The molecule has 0 radical (unpaired) electrons. The first-order chi connectivity index (χ1) is 12.2. The van der Waals surface area contributed by atoms with Gasteiger partial charge in [0.1, 0.15) is 0 Å². The third-order valence-corrected chi connectivity index (χ3v) is 6.18. The molecule has 2 atom stereocenters. The van der Waals surface area contributed by atoms with Crippen LogP contribution in [0, 0.1) is 5.92 Å². The Hall–Kier alpha value is -1.49. The van der Waals surface area contributed by atoms with Crippen molar-refractivity contribution in [3.8, 4) is 0 Å². The summed E-state index contributed by atoms with van der Waals surface area (Å²) >= 11 is 0. The molecule has 4 heteroatoms. The number of aliphatic hydroxyl groups excluding tert-OH is 1. The minimum atomic E-state index is -0.212. The molecular weight excluding hydrogens is 310 g/mol. The number of pyridine rings is 1. The third kappa shape index (κ3) is 3.57. The molecule has 0 amide bonds. The van der Waals surface area contributed by atoms with Crippen LogP contribution in [-0.4, -0.2) is 64.8 Å².